The zero-order valence-electron chi connectivity index (χ0n) is 12.7. The molecule has 19 heavy (non-hydrogen) atoms. The minimum Gasteiger partial charge on any atom is -0.272 e. The molecule has 0 spiro atoms. The quantitative estimate of drug-likeness (QED) is 0.649. The van der Waals surface area contributed by atoms with Crippen LogP contribution in [0.15, 0.2) is 0 Å². The van der Waals surface area contributed by atoms with Crippen molar-refractivity contribution >= 4 is 0 Å². The Bertz CT molecular complexity index is 424. The van der Waals surface area contributed by atoms with Crippen LogP contribution in [0, 0.1) is 25.7 Å². The lowest BCUT2D eigenvalue weighted by Crippen LogP contribution is -2.36. The van der Waals surface area contributed by atoms with Crippen LogP contribution in [0.4, 0.5) is 0 Å². The third-order valence-corrected chi connectivity index (χ3v) is 4.93. The molecule has 3 atom stereocenters. The maximum absolute atomic E-state index is 5.88. The standard InChI is InChI=1S/C15H28N4/c1-5-12-7-6-8-13(9-12)15(17-16)14-10(2)18-19(4)11(14)3/h12-13,15,17H,5-9,16H2,1-4H3. The van der Waals surface area contributed by atoms with E-state index in [1.54, 1.807) is 0 Å². The zero-order valence-corrected chi connectivity index (χ0v) is 12.7. The Morgan fingerprint density at radius 3 is 2.68 bits per heavy atom. The van der Waals surface area contributed by atoms with E-state index in [4.69, 9.17) is 5.84 Å². The summed E-state index contributed by atoms with van der Waals surface area (Å²) in [5.41, 5.74) is 6.73. The molecule has 1 aromatic rings. The number of nitrogens with one attached hydrogen (secondary N) is 1. The van der Waals surface area contributed by atoms with Crippen LogP contribution in [0.25, 0.3) is 0 Å². The van der Waals surface area contributed by atoms with Crippen LogP contribution in [-0.4, -0.2) is 9.78 Å². The maximum Gasteiger partial charge on any atom is 0.0644 e. The van der Waals surface area contributed by atoms with Gasteiger partial charge in [-0.05, 0) is 38.5 Å². The van der Waals surface area contributed by atoms with Gasteiger partial charge in [0.05, 0.1) is 11.7 Å². The summed E-state index contributed by atoms with van der Waals surface area (Å²) in [7, 11) is 2.01. The summed E-state index contributed by atoms with van der Waals surface area (Å²) in [6.07, 6.45) is 6.58. The van der Waals surface area contributed by atoms with Gasteiger partial charge in [0.2, 0.25) is 0 Å². The number of hydrogen-bond acceptors (Lipinski definition) is 3. The van der Waals surface area contributed by atoms with E-state index >= 15 is 0 Å². The van der Waals surface area contributed by atoms with Crippen molar-refractivity contribution in [3.05, 3.63) is 17.0 Å². The fourth-order valence-electron chi connectivity index (χ4n) is 3.70. The van der Waals surface area contributed by atoms with Gasteiger partial charge in [0, 0.05) is 18.3 Å². The molecule has 3 N–H and O–H groups in total. The summed E-state index contributed by atoms with van der Waals surface area (Å²) in [4.78, 5) is 0. The largest absolute Gasteiger partial charge is 0.272 e. The number of rotatable bonds is 4. The molecule has 0 aromatic carbocycles. The number of aryl methyl sites for hydroxylation is 2. The molecule has 2 rings (SSSR count). The van der Waals surface area contributed by atoms with Crippen molar-refractivity contribution in [2.24, 2.45) is 24.7 Å². The molecule has 0 radical (unpaired) electrons. The van der Waals surface area contributed by atoms with Crippen LogP contribution in [-0.2, 0) is 7.05 Å². The summed E-state index contributed by atoms with van der Waals surface area (Å²) < 4.78 is 1.97. The molecule has 1 heterocycles. The Balaban J connectivity index is 2.24. The maximum atomic E-state index is 5.88. The second kappa shape index (κ2) is 6.06. The normalized spacial score (nSPS) is 25.5. The highest BCUT2D eigenvalue weighted by molar-refractivity contribution is 5.28. The molecule has 4 nitrogen and oxygen atoms in total. The number of nitrogens with two attached hydrogens (primary N) is 1. The van der Waals surface area contributed by atoms with E-state index in [1.807, 2.05) is 11.7 Å². The highest BCUT2D eigenvalue weighted by Crippen LogP contribution is 2.39. The molecule has 0 bridgehead atoms. The van der Waals surface area contributed by atoms with Gasteiger partial charge in [-0.3, -0.25) is 16.0 Å². The molecule has 1 fully saturated rings. The number of aromatic nitrogens is 2. The van der Waals surface area contributed by atoms with E-state index in [9.17, 15) is 0 Å². The van der Waals surface area contributed by atoms with Crippen molar-refractivity contribution in [3.63, 3.8) is 0 Å². The minimum atomic E-state index is 0.253. The first-order chi connectivity index (χ1) is 9.08. The van der Waals surface area contributed by atoms with Crippen LogP contribution in [0.2, 0.25) is 0 Å². The third kappa shape index (κ3) is 2.84. The van der Waals surface area contributed by atoms with E-state index in [0.29, 0.717) is 5.92 Å². The van der Waals surface area contributed by atoms with Crippen LogP contribution in [0.5, 0.6) is 0 Å². The van der Waals surface area contributed by atoms with Crippen molar-refractivity contribution in [2.45, 2.75) is 58.9 Å². The minimum absolute atomic E-state index is 0.253. The second-order valence-corrected chi connectivity index (χ2v) is 6.05. The number of nitrogens with zero attached hydrogens (tertiary/aromatic N) is 2. The summed E-state index contributed by atoms with van der Waals surface area (Å²) in [6, 6.07) is 0.253. The average Bonchev–Trinajstić information content (AvgIpc) is 2.66. The SMILES string of the molecule is CCC1CCCC(C(NN)c2c(C)nn(C)c2C)C1. The van der Waals surface area contributed by atoms with Gasteiger partial charge in [0.25, 0.3) is 0 Å². The number of hydrazine groups is 1. The second-order valence-electron chi connectivity index (χ2n) is 6.05. The van der Waals surface area contributed by atoms with Crippen molar-refractivity contribution in [3.8, 4) is 0 Å². The monoisotopic (exact) mass is 264 g/mol. The highest BCUT2D eigenvalue weighted by atomic mass is 15.3. The topological polar surface area (TPSA) is 55.9 Å². The Labute approximate surface area is 116 Å². The fraction of sp³-hybridized carbons (Fsp3) is 0.800. The first-order valence-corrected chi connectivity index (χ1v) is 7.54. The predicted octanol–water partition coefficient (Wildman–Crippen LogP) is 2.76. The molecular weight excluding hydrogens is 236 g/mol. The molecule has 1 aromatic heterocycles. The van der Waals surface area contributed by atoms with Crippen LogP contribution >= 0.6 is 0 Å². The van der Waals surface area contributed by atoms with Crippen molar-refractivity contribution in [1.29, 1.82) is 0 Å². The van der Waals surface area contributed by atoms with Crippen molar-refractivity contribution in [2.75, 3.05) is 0 Å². The zero-order chi connectivity index (χ0) is 14.0. The number of hydrogen-bond donors (Lipinski definition) is 2. The lowest BCUT2D eigenvalue weighted by molar-refractivity contribution is 0.209. The third-order valence-electron chi connectivity index (χ3n) is 4.93. The van der Waals surface area contributed by atoms with E-state index in [1.165, 1.54) is 43.4 Å². The highest BCUT2D eigenvalue weighted by Gasteiger charge is 2.31. The van der Waals surface area contributed by atoms with E-state index in [-0.39, 0.29) is 6.04 Å². The van der Waals surface area contributed by atoms with E-state index in [2.05, 4.69) is 31.3 Å². The predicted molar refractivity (Wildman–Crippen MR) is 78.5 cm³/mol. The Hall–Kier alpha value is -0.870. The summed E-state index contributed by atoms with van der Waals surface area (Å²) >= 11 is 0. The Morgan fingerprint density at radius 1 is 1.42 bits per heavy atom. The van der Waals surface area contributed by atoms with Crippen LogP contribution in [0.1, 0.15) is 62.0 Å². The molecule has 1 aliphatic rings. The van der Waals surface area contributed by atoms with Gasteiger partial charge < -0.3 is 0 Å². The molecule has 0 saturated heterocycles. The summed E-state index contributed by atoms with van der Waals surface area (Å²) in [6.45, 7) is 6.53. The summed E-state index contributed by atoms with van der Waals surface area (Å²) in [5, 5.41) is 4.53. The van der Waals surface area contributed by atoms with Gasteiger partial charge in [0.15, 0.2) is 0 Å². The molecule has 1 aliphatic carbocycles. The van der Waals surface area contributed by atoms with Crippen molar-refractivity contribution in [1.82, 2.24) is 15.2 Å². The molecular formula is C15H28N4. The lowest BCUT2D eigenvalue weighted by atomic mass is 9.75. The van der Waals surface area contributed by atoms with Gasteiger partial charge in [-0.1, -0.05) is 26.2 Å². The summed E-state index contributed by atoms with van der Waals surface area (Å²) in [5.74, 6) is 7.39. The van der Waals surface area contributed by atoms with Crippen LogP contribution in [0.3, 0.4) is 0 Å². The molecule has 4 heteroatoms. The molecule has 3 unspecified atom stereocenters. The van der Waals surface area contributed by atoms with Gasteiger partial charge in [-0.25, -0.2) is 0 Å². The molecule has 0 amide bonds. The van der Waals surface area contributed by atoms with Gasteiger partial charge in [-0.15, -0.1) is 0 Å². The average molecular weight is 264 g/mol. The lowest BCUT2D eigenvalue weighted by Gasteiger charge is -2.34. The van der Waals surface area contributed by atoms with Gasteiger partial charge >= 0.3 is 0 Å². The first kappa shape index (κ1) is 14.5. The smallest absolute Gasteiger partial charge is 0.0644 e. The van der Waals surface area contributed by atoms with E-state index < -0.39 is 0 Å². The van der Waals surface area contributed by atoms with Gasteiger partial charge in [0.1, 0.15) is 0 Å². The molecule has 0 aliphatic heterocycles. The van der Waals surface area contributed by atoms with E-state index in [0.717, 1.165) is 11.6 Å². The molecule has 1 saturated carbocycles. The first-order valence-electron chi connectivity index (χ1n) is 7.54. The molecule has 108 valence electrons. The van der Waals surface area contributed by atoms with Gasteiger partial charge in [-0.2, -0.15) is 5.10 Å². The Kier molecular flexibility index (Phi) is 4.63. The van der Waals surface area contributed by atoms with Crippen LogP contribution < -0.4 is 11.3 Å². The van der Waals surface area contributed by atoms with Crippen molar-refractivity contribution < 1.29 is 0 Å². The fourth-order valence-corrected chi connectivity index (χ4v) is 3.70. The Morgan fingerprint density at radius 2 is 2.16 bits per heavy atom.